The van der Waals surface area contributed by atoms with Gasteiger partial charge in [0, 0.05) is 26.2 Å². The van der Waals surface area contributed by atoms with Gasteiger partial charge < -0.3 is 42.1 Å². The highest BCUT2D eigenvalue weighted by molar-refractivity contribution is 5.69. The Kier molecular flexibility index (Phi) is 38.8. The zero-order chi connectivity index (χ0) is 33.4. The van der Waals surface area contributed by atoms with Crippen molar-refractivity contribution in [2.75, 3.05) is 78.5 Å². The lowest BCUT2D eigenvalue weighted by atomic mass is 10.1. The molecule has 8 N–H and O–H groups in total. The van der Waals surface area contributed by atoms with Gasteiger partial charge in [-0.1, -0.05) is 103 Å². The Bertz CT molecular complexity index is 577. The van der Waals surface area contributed by atoms with Crippen LogP contribution in [0.2, 0.25) is 0 Å². The maximum absolute atomic E-state index is 10.4. The average molecular weight is 657 g/mol. The van der Waals surface area contributed by atoms with Gasteiger partial charge in [0.15, 0.2) is 0 Å². The maximum atomic E-state index is 10.4. The summed E-state index contributed by atoms with van der Waals surface area (Å²) < 4.78 is 0. The summed E-state index contributed by atoms with van der Waals surface area (Å²) in [5.41, 5.74) is 0. The minimum Gasteiger partial charge on any atom is -0.480 e. The van der Waals surface area contributed by atoms with Gasteiger partial charge in [0.2, 0.25) is 0 Å². The van der Waals surface area contributed by atoms with Crippen molar-refractivity contribution < 1.29 is 19.8 Å². The third-order valence-corrected chi connectivity index (χ3v) is 8.38. The van der Waals surface area contributed by atoms with E-state index in [1.165, 1.54) is 154 Å². The van der Waals surface area contributed by atoms with Gasteiger partial charge in [0.1, 0.15) is 0 Å². The molecule has 0 atom stereocenters. The first-order valence-corrected chi connectivity index (χ1v) is 19.3. The minimum absolute atomic E-state index is 0.0450. The summed E-state index contributed by atoms with van der Waals surface area (Å²) in [5.74, 6) is -1.59. The number of rotatable bonds is 41. The number of nitrogens with one attached hydrogen (secondary N) is 6. The molecule has 0 spiro atoms. The molecule has 0 amide bonds. The topological polar surface area (TPSA) is 147 Å². The fourth-order valence-corrected chi connectivity index (χ4v) is 5.57. The molecule has 0 fully saturated rings. The average Bonchev–Trinajstić information content (AvgIpc) is 3.03. The number of hydrogen-bond donors (Lipinski definition) is 8. The van der Waals surface area contributed by atoms with Gasteiger partial charge in [-0.3, -0.25) is 9.59 Å². The highest BCUT2D eigenvalue weighted by atomic mass is 16.4. The lowest BCUT2D eigenvalue weighted by Gasteiger charge is -2.07. The molecule has 0 aliphatic carbocycles. The van der Waals surface area contributed by atoms with Crippen molar-refractivity contribution in [2.45, 2.75) is 141 Å². The van der Waals surface area contributed by atoms with Crippen molar-refractivity contribution in [3.8, 4) is 0 Å². The van der Waals surface area contributed by atoms with Gasteiger partial charge in [-0.05, 0) is 77.8 Å². The molecule has 0 rings (SSSR count). The Morgan fingerprint density at radius 3 is 0.674 bits per heavy atom. The van der Waals surface area contributed by atoms with E-state index in [0.29, 0.717) is 13.1 Å². The van der Waals surface area contributed by atoms with Crippen LogP contribution in [0.5, 0.6) is 0 Å². The number of hydrogen-bond acceptors (Lipinski definition) is 8. The van der Waals surface area contributed by atoms with E-state index >= 15 is 0 Å². The van der Waals surface area contributed by atoms with Crippen LogP contribution in [0.25, 0.3) is 0 Å². The molecule has 0 aromatic heterocycles. The maximum Gasteiger partial charge on any atom is 0.317 e. The molecular weight excluding hydrogens is 580 g/mol. The molecule has 0 aromatic carbocycles. The van der Waals surface area contributed by atoms with Gasteiger partial charge in [-0.25, -0.2) is 0 Å². The largest absolute Gasteiger partial charge is 0.480 e. The van der Waals surface area contributed by atoms with Crippen molar-refractivity contribution in [3.05, 3.63) is 0 Å². The van der Waals surface area contributed by atoms with Gasteiger partial charge in [-0.2, -0.15) is 0 Å². The molecule has 0 bridgehead atoms. The van der Waals surface area contributed by atoms with Crippen molar-refractivity contribution in [1.82, 2.24) is 31.9 Å². The molecule has 0 radical (unpaired) electrons. The molecule has 0 heterocycles. The molecule has 0 unspecified atom stereocenters. The zero-order valence-electron chi connectivity index (χ0n) is 29.8. The number of carboxylic acid groups (broad SMARTS) is 2. The van der Waals surface area contributed by atoms with Crippen LogP contribution in [-0.2, 0) is 9.59 Å². The minimum atomic E-state index is -0.797. The van der Waals surface area contributed by atoms with Crippen molar-refractivity contribution in [2.24, 2.45) is 0 Å². The van der Waals surface area contributed by atoms with Crippen molar-refractivity contribution >= 4 is 11.9 Å². The van der Waals surface area contributed by atoms with Crippen LogP contribution in [0.15, 0.2) is 0 Å². The number of carbonyl (C=O) groups is 2. The molecule has 46 heavy (non-hydrogen) atoms. The quantitative estimate of drug-likeness (QED) is 0.0409. The first-order chi connectivity index (χ1) is 22.6. The summed E-state index contributed by atoms with van der Waals surface area (Å²) in [6.45, 7) is 9.92. The Hall–Kier alpha value is -1.30. The highest BCUT2D eigenvalue weighted by Gasteiger charge is 1.98. The molecule has 0 aliphatic rings. The molecule has 0 aliphatic heterocycles. The second kappa shape index (κ2) is 39.9. The normalized spacial score (nSPS) is 11.4. The van der Waals surface area contributed by atoms with Crippen LogP contribution in [0, 0.1) is 0 Å². The summed E-state index contributed by atoms with van der Waals surface area (Å²) >= 11 is 0. The van der Waals surface area contributed by atoms with Crippen LogP contribution in [0.3, 0.4) is 0 Å². The van der Waals surface area contributed by atoms with Crippen LogP contribution < -0.4 is 31.9 Å². The summed E-state index contributed by atoms with van der Waals surface area (Å²) in [6, 6.07) is 0. The van der Waals surface area contributed by atoms with Gasteiger partial charge in [0.05, 0.1) is 13.1 Å². The van der Waals surface area contributed by atoms with Crippen LogP contribution in [-0.4, -0.2) is 101 Å². The monoisotopic (exact) mass is 657 g/mol. The zero-order valence-corrected chi connectivity index (χ0v) is 29.8. The van der Waals surface area contributed by atoms with E-state index in [2.05, 4.69) is 31.9 Å². The predicted octanol–water partition coefficient (Wildman–Crippen LogP) is 5.28. The van der Waals surface area contributed by atoms with E-state index in [1.54, 1.807) is 0 Å². The highest BCUT2D eigenvalue weighted by Crippen LogP contribution is 2.11. The van der Waals surface area contributed by atoms with Crippen LogP contribution >= 0.6 is 0 Å². The third-order valence-electron chi connectivity index (χ3n) is 8.38. The summed E-state index contributed by atoms with van der Waals surface area (Å²) in [7, 11) is 0. The Morgan fingerprint density at radius 2 is 0.435 bits per heavy atom. The van der Waals surface area contributed by atoms with E-state index in [0.717, 1.165) is 39.3 Å². The van der Waals surface area contributed by atoms with Gasteiger partial charge in [0.25, 0.3) is 0 Å². The second-order valence-electron chi connectivity index (χ2n) is 12.9. The fourth-order valence-electron chi connectivity index (χ4n) is 5.57. The van der Waals surface area contributed by atoms with E-state index in [4.69, 9.17) is 10.2 Å². The summed E-state index contributed by atoms with van der Waals surface area (Å²) in [4.78, 5) is 20.8. The van der Waals surface area contributed by atoms with E-state index in [1.807, 2.05) is 0 Å². The van der Waals surface area contributed by atoms with Crippen molar-refractivity contribution in [1.29, 1.82) is 0 Å². The van der Waals surface area contributed by atoms with Crippen molar-refractivity contribution in [3.63, 3.8) is 0 Å². The van der Waals surface area contributed by atoms with Crippen LogP contribution in [0.4, 0.5) is 0 Å². The molecule has 0 aromatic rings. The fraction of sp³-hybridized carbons (Fsp3) is 0.944. The molecule has 10 heteroatoms. The Morgan fingerprint density at radius 1 is 0.261 bits per heavy atom. The number of carboxylic acids is 2. The number of unbranched alkanes of at least 4 members (excludes halogenated alkanes) is 19. The van der Waals surface area contributed by atoms with Gasteiger partial charge in [-0.15, -0.1) is 0 Å². The molecule has 274 valence electrons. The first-order valence-electron chi connectivity index (χ1n) is 19.3. The first kappa shape index (κ1) is 44.7. The lowest BCUT2D eigenvalue weighted by molar-refractivity contribution is -0.136. The molecular formula is C36H76N6O4. The van der Waals surface area contributed by atoms with E-state index < -0.39 is 11.9 Å². The van der Waals surface area contributed by atoms with Crippen LogP contribution in [0.1, 0.15) is 141 Å². The predicted molar refractivity (Wildman–Crippen MR) is 194 cm³/mol. The third kappa shape index (κ3) is 42.7. The molecule has 0 saturated carbocycles. The number of aliphatic carboxylic acids is 2. The Labute approximate surface area is 283 Å². The van der Waals surface area contributed by atoms with Gasteiger partial charge >= 0.3 is 11.9 Å². The smallest absolute Gasteiger partial charge is 0.317 e. The Balaban J connectivity index is 3.05. The van der Waals surface area contributed by atoms with E-state index in [9.17, 15) is 9.59 Å². The second-order valence-corrected chi connectivity index (χ2v) is 12.9. The summed E-state index contributed by atoms with van der Waals surface area (Å²) in [6.07, 6.45) is 29.3. The van der Waals surface area contributed by atoms with E-state index in [-0.39, 0.29) is 13.1 Å². The summed E-state index contributed by atoms with van der Waals surface area (Å²) in [5, 5.41) is 36.9. The molecule has 10 nitrogen and oxygen atoms in total. The standard InChI is InChI=1S/C36H76N6O4/c43-35(44)33-41-31-29-39-25-19-15-11-7-3-1-5-9-13-17-23-37-27-21-22-28-38-24-18-14-10-6-2-4-8-12-16-20-26-40-30-32-42-34-36(45)46/h37-42H,1-34H2,(H,43,44)(H,45,46). The lowest BCUT2D eigenvalue weighted by Crippen LogP contribution is -2.31. The molecule has 0 saturated heterocycles. The SMILES string of the molecule is O=C(O)CNCCNCCCCCCCCCCCCNCCCCNCCCCCCCCCCCCNCCNCC(=O)O.